The van der Waals surface area contributed by atoms with E-state index >= 15 is 0 Å². The highest BCUT2D eigenvalue weighted by Gasteiger charge is 2.31. The van der Waals surface area contributed by atoms with Crippen molar-refractivity contribution in [3.8, 4) is 0 Å². The lowest BCUT2D eigenvalue weighted by Gasteiger charge is -2.20. The highest BCUT2D eigenvalue weighted by molar-refractivity contribution is 7.99. The standard InChI is InChI=1S/C9H15N3OS2/c1-2-7-11-8(15-12-7)10-5-9(13)3-4-14-6-9/h13H,2-6H2,1H3,(H,10,11,12). The molecule has 0 aliphatic carbocycles. The summed E-state index contributed by atoms with van der Waals surface area (Å²) in [6, 6.07) is 0. The molecule has 1 fully saturated rings. The second kappa shape index (κ2) is 4.67. The Bertz CT molecular complexity index is 323. The molecule has 0 saturated carbocycles. The molecular weight excluding hydrogens is 230 g/mol. The molecule has 0 bridgehead atoms. The molecule has 2 N–H and O–H groups in total. The third kappa shape index (κ3) is 2.83. The molecule has 1 saturated heterocycles. The minimum atomic E-state index is -0.553. The predicted octanol–water partition coefficient (Wildman–Crippen LogP) is 1.38. The maximum Gasteiger partial charge on any atom is 0.202 e. The van der Waals surface area contributed by atoms with Gasteiger partial charge < -0.3 is 10.4 Å². The quantitative estimate of drug-likeness (QED) is 0.839. The van der Waals surface area contributed by atoms with Crippen molar-refractivity contribution in [1.29, 1.82) is 0 Å². The van der Waals surface area contributed by atoms with E-state index in [9.17, 15) is 5.11 Å². The molecule has 1 aromatic rings. The second-order valence-corrected chi connectivity index (χ2v) is 5.61. The first kappa shape index (κ1) is 11.2. The molecule has 0 spiro atoms. The highest BCUT2D eigenvalue weighted by atomic mass is 32.2. The van der Waals surface area contributed by atoms with Crippen LogP contribution >= 0.6 is 23.3 Å². The largest absolute Gasteiger partial charge is 0.387 e. The number of nitrogens with zero attached hydrogens (tertiary/aromatic N) is 2. The third-order valence-electron chi connectivity index (χ3n) is 2.44. The van der Waals surface area contributed by atoms with E-state index < -0.39 is 5.60 Å². The lowest BCUT2D eigenvalue weighted by atomic mass is 10.0. The number of nitrogens with one attached hydrogen (secondary N) is 1. The molecule has 15 heavy (non-hydrogen) atoms. The molecule has 84 valence electrons. The van der Waals surface area contributed by atoms with Gasteiger partial charge in [0.15, 0.2) is 0 Å². The Labute approximate surface area is 97.7 Å². The Balaban J connectivity index is 1.87. The maximum atomic E-state index is 10.1. The van der Waals surface area contributed by atoms with E-state index in [1.54, 1.807) is 11.8 Å². The smallest absolute Gasteiger partial charge is 0.202 e. The zero-order valence-electron chi connectivity index (χ0n) is 8.69. The molecular formula is C9H15N3OS2. The van der Waals surface area contributed by atoms with Crippen molar-refractivity contribution >= 4 is 28.4 Å². The van der Waals surface area contributed by atoms with Crippen molar-refractivity contribution < 1.29 is 5.11 Å². The van der Waals surface area contributed by atoms with Crippen LogP contribution in [0.15, 0.2) is 0 Å². The summed E-state index contributed by atoms with van der Waals surface area (Å²) in [6.45, 7) is 2.62. The molecule has 0 amide bonds. The molecule has 1 atom stereocenters. The lowest BCUT2D eigenvalue weighted by molar-refractivity contribution is 0.0820. The first-order chi connectivity index (χ1) is 7.22. The molecule has 6 heteroatoms. The summed E-state index contributed by atoms with van der Waals surface area (Å²) in [5.41, 5.74) is -0.553. The van der Waals surface area contributed by atoms with Gasteiger partial charge in [0.2, 0.25) is 5.13 Å². The van der Waals surface area contributed by atoms with Crippen LogP contribution in [0.4, 0.5) is 5.13 Å². The number of thioether (sulfide) groups is 1. The fraction of sp³-hybridized carbons (Fsp3) is 0.778. The number of hydrogen-bond acceptors (Lipinski definition) is 6. The molecule has 0 aromatic carbocycles. The van der Waals surface area contributed by atoms with Gasteiger partial charge in [-0.2, -0.15) is 16.1 Å². The monoisotopic (exact) mass is 245 g/mol. The number of hydrogen-bond donors (Lipinski definition) is 2. The average molecular weight is 245 g/mol. The molecule has 0 radical (unpaired) electrons. The SMILES string of the molecule is CCc1nsc(NCC2(O)CCSC2)n1. The number of aliphatic hydroxyl groups is 1. The summed E-state index contributed by atoms with van der Waals surface area (Å²) >= 11 is 3.17. The van der Waals surface area contributed by atoms with Crippen molar-refractivity contribution in [3.05, 3.63) is 5.82 Å². The van der Waals surface area contributed by atoms with Crippen LogP contribution in [0, 0.1) is 0 Å². The van der Waals surface area contributed by atoms with E-state index in [2.05, 4.69) is 14.7 Å². The first-order valence-electron chi connectivity index (χ1n) is 5.08. The zero-order valence-corrected chi connectivity index (χ0v) is 10.3. The molecule has 1 aromatic heterocycles. The van der Waals surface area contributed by atoms with Crippen molar-refractivity contribution in [2.24, 2.45) is 0 Å². The van der Waals surface area contributed by atoms with Gasteiger partial charge in [0, 0.05) is 30.3 Å². The second-order valence-electron chi connectivity index (χ2n) is 3.75. The summed E-state index contributed by atoms with van der Waals surface area (Å²) in [6.07, 6.45) is 1.72. The van der Waals surface area contributed by atoms with Crippen LogP contribution in [0.25, 0.3) is 0 Å². The minimum Gasteiger partial charge on any atom is -0.387 e. The van der Waals surface area contributed by atoms with E-state index in [0.29, 0.717) is 6.54 Å². The van der Waals surface area contributed by atoms with E-state index in [1.165, 1.54) is 11.5 Å². The number of rotatable bonds is 4. The van der Waals surface area contributed by atoms with Gasteiger partial charge in [-0.15, -0.1) is 0 Å². The number of aromatic nitrogens is 2. The fourth-order valence-corrected chi connectivity index (χ4v) is 3.39. The molecule has 2 rings (SSSR count). The Morgan fingerprint density at radius 1 is 1.60 bits per heavy atom. The maximum absolute atomic E-state index is 10.1. The zero-order chi connectivity index (χ0) is 10.7. The van der Waals surface area contributed by atoms with Gasteiger partial charge in [-0.3, -0.25) is 0 Å². The van der Waals surface area contributed by atoms with Crippen molar-refractivity contribution in [2.45, 2.75) is 25.4 Å². The molecule has 2 heterocycles. The third-order valence-corrected chi connectivity index (χ3v) is 4.38. The Hall–Kier alpha value is -0.330. The van der Waals surface area contributed by atoms with Gasteiger partial charge in [-0.1, -0.05) is 6.92 Å². The molecule has 4 nitrogen and oxygen atoms in total. The van der Waals surface area contributed by atoms with Gasteiger partial charge in [0.05, 0.1) is 5.60 Å². The summed E-state index contributed by atoms with van der Waals surface area (Å²) in [5, 5.41) is 14.1. The topological polar surface area (TPSA) is 58.0 Å². The predicted molar refractivity (Wildman–Crippen MR) is 64.7 cm³/mol. The molecule has 1 aliphatic heterocycles. The van der Waals surface area contributed by atoms with Gasteiger partial charge in [-0.25, -0.2) is 4.98 Å². The van der Waals surface area contributed by atoms with Gasteiger partial charge in [0.1, 0.15) is 5.82 Å². The number of aryl methyl sites for hydroxylation is 1. The van der Waals surface area contributed by atoms with Crippen LogP contribution in [-0.4, -0.2) is 38.1 Å². The summed E-state index contributed by atoms with van der Waals surface area (Å²) in [7, 11) is 0. The van der Waals surface area contributed by atoms with E-state index in [-0.39, 0.29) is 0 Å². The van der Waals surface area contributed by atoms with Crippen LogP contribution in [0.3, 0.4) is 0 Å². The summed E-state index contributed by atoms with van der Waals surface area (Å²) < 4.78 is 4.18. The summed E-state index contributed by atoms with van der Waals surface area (Å²) in [5.74, 6) is 2.74. The molecule has 1 unspecified atom stereocenters. The van der Waals surface area contributed by atoms with Crippen LogP contribution in [0.2, 0.25) is 0 Å². The average Bonchev–Trinajstić information content (AvgIpc) is 2.84. The van der Waals surface area contributed by atoms with Crippen LogP contribution < -0.4 is 5.32 Å². The van der Waals surface area contributed by atoms with Crippen molar-refractivity contribution in [3.63, 3.8) is 0 Å². The summed E-state index contributed by atoms with van der Waals surface area (Å²) in [4.78, 5) is 4.30. The van der Waals surface area contributed by atoms with Crippen molar-refractivity contribution in [2.75, 3.05) is 23.4 Å². The minimum absolute atomic E-state index is 0.553. The van der Waals surface area contributed by atoms with Gasteiger partial charge in [0.25, 0.3) is 0 Å². The first-order valence-corrected chi connectivity index (χ1v) is 7.01. The Kier molecular flexibility index (Phi) is 3.48. The number of anilines is 1. The van der Waals surface area contributed by atoms with Crippen LogP contribution in [0.1, 0.15) is 19.2 Å². The highest BCUT2D eigenvalue weighted by Crippen LogP contribution is 2.28. The normalized spacial score (nSPS) is 25.7. The lowest BCUT2D eigenvalue weighted by Crippen LogP contribution is -2.36. The van der Waals surface area contributed by atoms with Crippen molar-refractivity contribution in [1.82, 2.24) is 9.36 Å². The van der Waals surface area contributed by atoms with Crippen LogP contribution in [0.5, 0.6) is 0 Å². The van der Waals surface area contributed by atoms with E-state index in [0.717, 1.165) is 35.3 Å². The van der Waals surface area contributed by atoms with E-state index in [1.807, 2.05) is 6.92 Å². The van der Waals surface area contributed by atoms with Gasteiger partial charge in [-0.05, 0) is 12.2 Å². The Morgan fingerprint density at radius 3 is 3.07 bits per heavy atom. The van der Waals surface area contributed by atoms with E-state index in [4.69, 9.17) is 0 Å². The molecule has 1 aliphatic rings. The van der Waals surface area contributed by atoms with Gasteiger partial charge >= 0.3 is 0 Å². The van der Waals surface area contributed by atoms with Crippen LogP contribution in [-0.2, 0) is 6.42 Å². The Morgan fingerprint density at radius 2 is 2.47 bits per heavy atom. The fourth-order valence-electron chi connectivity index (χ4n) is 1.45.